The van der Waals surface area contributed by atoms with Crippen LogP contribution in [0.4, 0.5) is 0 Å². The Kier molecular flexibility index (Phi) is 3.04. The smallest absolute Gasteiger partial charge is 0.123 e. The molecule has 1 heterocycles. The second kappa shape index (κ2) is 4.47. The molecule has 1 N–H and O–H groups in total. The Labute approximate surface area is 85.3 Å². The number of hydrogen-bond acceptors (Lipinski definition) is 2. The molecular weight excluding hydrogens is 174 g/mol. The van der Waals surface area contributed by atoms with Crippen LogP contribution in [0.2, 0.25) is 0 Å². The van der Waals surface area contributed by atoms with Crippen LogP contribution in [0.3, 0.4) is 0 Å². The largest absolute Gasteiger partial charge is 0.496 e. The van der Waals surface area contributed by atoms with Gasteiger partial charge in [0.2, 0.25) is 0 Å². The molecule has 0 amide bonds. The van der Waals surface area contributed by atoms with Gasteiger partial charge in [0.05, 0.1) is 7.11 Å². The summed E-state index contributed by atoms with van der Waals surface area (Å²) in [6, 6.07) is 8.77. The lowest BCUT2D eigenvalue weighted by atomic mass is 9.97. The number of para-hydroxylation sites is 1. The van der Waals surface area contributed by atoms with Crippen molar-refractivity contribution in [3.63, 3.8) is 0 Å². The number of rotatable bonds is 2. The van der Waals surface area contributed by atoms with Crippen LogP contribution in [0, 0.1) is 0 Å². The molecule has 1 fully saturated rings. The second-order valence-corrected chi connectivity index (χ2v) is 3.74. The zero-order valence-electron chi connectivity index (χ0n) is 8.62. The molecule has 1 aromatic rings. The highest BCUT2D eigenvalue weighted by Crippen LogP contribution is 2.29. The van der Waals surface area contributed by atoms with Gasteiger partial charge < -0.3 is 10.1 Å². The standard InChI is InChI=1S/C12H17NO/c1-14-12-8-3-2-6-10(12)11-7-4-5-9-13-11/h2-3,6,8,11,13H,4-5,7,9H2,1H3/t11-/m1/s1. The average molecular weight is 191 g/mol. The molecule has 0 spiro atoms. The summed E-state index contributed by atoms with van der Waals surface area (Å²) in [4.78, 5) is 0. The van der Waals surface area contributed by atoms with Crippen molar-refractivity contribution in [2.45, 2.75) is 25.3 Å². The van der Waals surface area contributed by atoms with Crippen molar-refractivity contribution >= 4 is 0 Å². The topological polar surface area (TPSA) is 21.3 Å². The second-order valence-electron chi connectivity index (χ2n) is 3.74. The Morgan fingerprint density at radius 2 is 2.14 bits per heavy atom. The van der Waals surface area contributed by atoms with E-state index in [1.54, 1.807) is 7.11 Å². The van der Waals surface area contributed by atoms with Gasteiger partial charge in [0.1, 0.15) is 5.75 Å². The zero-order valence-corrected chi connectivity index (χ0v) is 8.62. The van der Waals surface area contributed by atoms with Gasteiger partial charge in [-0.1, -0.05) is 24.6 Å². The van der Waals surface area contributed by atoms with E-state index >= 15 is 0 Å². The highest BCUT2D eigenvalue weighted by atomic mass is 16.5. The minimum Gasteiger partial charge on any atom is -0.496 e. The summed E-state index contributed by atoms with van der Waals surface area (Å²) in [5.74, 6) is 1.01. The minimum absolute atomic E-state index is 0.486. The van der Waals surface area contributed by atoms with Crippen LogP contribution in [0.1, 0.15) is 30.9 Å². The first-order valence-corrected chi connectivity index (χ1v) is 5.28. The molecular formula is C12H17NO. The first-order chi connectivity index (χ1) is 6.92. The fourth-order valence-corrected chi connectivity index (χ4v) is 2.07. The van der Waals surface area contributed by atoms with E-state index in [0.29, 0.717) is 6.04 Å². The number of ether oxygens (including phenoxy) is 1. The van der Waals surface area contributed by atoms with Gasteiger partial charge in [0, 0.05) is 11.6 Å². The van der Waals surface area contributed by atoms with E-state index in [9.17, 15) is 0 Å². The van der Waals surface area contributed by atoms with Gasteiger partial charge in [0.25, 0.3) is 0 Å². The van der Waals surface area contributed by atoms with Gasteiger partial charge >= 0.3 is 0 Å². The highest BCUT2D eigenvalue weighted by Gasteiger charge is 2.17. The number of benzene rings is 1. The van der Waals surface area contributed by atoms with Crippen molar-refractivity contribution in [2.75, 3.05) is 13.7 Å². The monoisotopic (exact) mass is 191 g/mol. The van der Waals surface area contributed by atoms with Crippen molar-refractivity contribution < 1.29 is 4.74 Å². The molecule has 1 aliphatic rings. The normalized spacial score (nSPS) is 21.9. The molecule has 76 valence electrons. The maximum Gasteiger partial charge on any atom is 0.123 e. The molecule has 1 aromatic carbocycles. The van der Waals surface area contributed by atoms with Crippen molar-refractivity contribution in [3.05, 3.63) is 29.8 Å². The van der Waals surface area contributed by atoms with Crippen LogP contribution in [0.25, 0.3) is 0 Å². The molecule has 1 atom stereocenters. The van der Waals surface area contributed by atoms with Crippen LogP contribution < -0.4 is 10.1 Å². The zero-order chi connectivity index (χ0) is 9.80. The highest BCUT2D eigenvalue weighted by molar-refractivity contribution is 5.35. The molecule has 0 saturated carbocycles. The van der Waals surface area contributed by atoms with E-state index in [4.69, 9.17) is 4.74 Å². The van der Waals surface area contributed by atoms with Crippen molar-refractivity contribution in [3.8, 4) is 5.75 Å². The van der Waals surface area contributed by atoms with E-state index in [2.05, 4.69) is 17.4 Å². The van der Waals surface area contributed by atoms with Gasteiger partial charge in [-0.25, -0.2) is 0 Å². The van der Waals surface area contributed by atoms with Crippen LogP contribution in [0.15, 0.2) is 24.3 Å². The van der Waals surface area contributed by atoms with Crippen molar-refractivity contribution in [1.29, 1.82) is 0 Å². The van der Waals surface area contributed by atoms with Crippen LogP contribution in [-0.2, 0) is 0 Å². The van der Waals surface area contributed by atoms with Crippen LogP contribution >= 0.6 is 0 Å². The Morgan fingerprint density at radius 3 is 2.86 bits per heavy atom. The summed E-state index contributed by atoms with van der Waals surface area (Å²) in [7, 11) is 1.74. The molecule has 0 radical (unpaired) electrons. The SMILES string of the molecule is COc1ccccc1[C@H]1CCCCN1. The molecule has 0 bridgehead atoms. The maximum absolute atomic E-state index is 5.36. The van der Waals surface area contributed by atoms with Crippen molar-refractivity contribution in [2.24, 2.45) is 0 Å². The van der Waals surface area contributed by atoms with E-state index in [0.717, 1.165) is 12.3 Å². The summed E-state index contributed by atoms with van der Waals surface area (Å²) in [6.07, 6.45) is 3.84. The van der Waals surface area contributed by atoms with Gasteiger partial charge in [-0.2, -0.15) is 0 Å². The third kappa shape index (κ3) is 1.90. The van der Waals surface area contributed by atoms with Gasteiger partial charge in [-0.05, 0) is 25.5 Å². The number of methoxy groups -OCH3 is 1. The Bertz CT molecular complexity index is 292. The molecule has 14 heavy (non-hydrogen) atoms. The summed E-state index contributed by atoms with van der Waals surface area (Å²) in [5.41, 5.74) is 1.30. The maximum atomic E-state index is 5.36. The molecule has 2 heteroatoms. The van der Waals surface area contributed by atoms with Gasteiger partial charge in [-0.3, -0.25) is 0 Å². The third-order valence-electron chi connectivity index (χ3n) is 2.82. The molecule has 1 saturated heterocycles. The Balaban J connectivity index is 2.20. The number of piperidine rings is 1. The minimum atomic E-state index is 0.486. The van der Waals surface area contributed by atoms with Crippen LogP contribution in [0.5, 0.6) is 5.75 Å². The van der Waals surface area contributed by atoms with Crippen molar-refractivity contribution in [1.82, 2.24) is 5.32 Å². The number of nitrogens with one attached hydrogen (secondary N) is 1. The van der Waals surface area contributed by atoms with Gasteiger partial charge in [0.15, 0.2) is 0 Å². The molecule has 0 unspecified atom stereocenters. The quantitative estimate of drug-likeness (QED) is 0.775. The van der Waals surface area contributed by atoms with E-state index in [-0.39, 0.29) is 0 Å². The molecule has 2 rings (SSSR count). The molecule has 0 aliphatic carbocycles. The summed E-state index contributed by atoms with van der Waals surface area (Å²) >= 11 is 0. The predicted molar refractivity (Wildman–Crippen MR) is 57.6 cm³/mol. The lowest BCUT2D eigenvalue weighted by Gasteiger charge is -2.25. The molecule has 1 aliphatic heterocycles. The van der Waals surface area contributed by atoms with E-state index in [1.165, 1.54) is 24.8 Å². The van der Waals surface area contributed by atoms with E-state index in [1.807, 2.05) is 12.1 Å². The summed E-state index contributed by atoms with van der Waals surface area (Å²) in [6.45, 7) is 1.13. The Morgan fingerprint density at radius 1 is 1.29 bits per heavy atom. The molecule has 0 aromatic heterocycles. The van der Waals surface area contributed by atoms with Crippen LogP contribution in [-0.4, -0.2) is 13.7 Å². The fraction of sp³-hybridized carbons (Fsp3) is 0.500. The predicted octanol–water partition coefficient (Wildman–Crippen LogP) is 2.51. The number of hydrogen-bond donors (Lipinski definition) is 1. The van der Waals surface area contributed by atoms with Gasteiger partial charge in [-0.15, -0.1) is 0 Å². The summed E-state index contributed by atoms with van der Waals surface area (Å²) in [5, 5.41) is 3.53. The van der Waals surface area contributed by atoms with E-state index < -0.39 is 0 Å². The fourth-order valence-electron chi connectivity index (χ4n) is 2.07. The Hall–Kier alpha value is -1.02. The first kappa shape index (κ1) is 9.53. The average Bonchev–Trinajstić information content (AvgIpc) is 2.30. The summed E-state index contributed by atoms with van der Waals surface area (Å²) < 4.78 is 5.36. The molecule has 2 nitrogen and oxygen atoms in total. The first-order valence-electron chi connectivity index (χ1n) is 5.28. The third-order valence-corrected chi connectivity index (χ3v) is 2.82. The lowest BCUT2D eigenvalue weighted by Crippen LogP contribution is -2.27. The lowest BCUT2D eigenvalue weighted by molar-refractivity contribution is 0.373.